The van der Waals surface area contributed by atoms with Gasteiger partial charge in [-0.05, 0) is 101 Å². The molecule has 1 spiro atoms. The van der Waals surface area contributed by atoms with E-state index in [0.717, 1.165) is 35.4 Å². The molecule has 1 N–H and O–H groups in total. The molecule has 0 aromatic heterocycles. The van der Waals surface area contributed by atoms with Crippen LogP contribution in [0.1, 0.15) is 115 Å². The highest BCUT2D eigenvalue weighted by Gasteiger charge is 2.48. The normalized spacial score (nSPS) is 22.3. The number of anilines is 1. The summed E-state index contributed by atoms with van der Waals surface area (Å²) < 4.78 is 34.0. The zero-order valence-electron chi connectivity index (χ0n) is 28.7. The average molecular weight is 645 g/mol. The highest BCUT2D eigenvalue weighted by molar-refractivity contribution is 7.89. The van der Waals surface area contributed by atoms with E-state index in [9.17, 15) is 18.0 Å². The molecule has 1 saturated carbocycles. The predicted molar refractivity (Wildman–Crippen MR) is 181 cm³/mol. The molecule has 10 heteroatoms. The molecule has 45 heavy (non-hydrogen) atoms. The molecule has 2 amide bonds. The van der Waals surface area contributed by atoms with Gasteiger partial charge in [-0.1, -0.05) is 51.9 Å². The molecule has 9 nitrogen and oxygen atoms in total. The average Bonchev–Trinajstić information content (AvgIpc) is 3.28. The number of carbonyl (C=O) groups excluding carboxylic acids is 2. The Morgan fingerprint density at radius 1 is 1.11 bits per heavy atom. The van der Waals surface area contributed by atoms with Crippen LogP contribution in [-0.4, -0.2) is 67.6 Å². The number of piperidine rings is 1. The van der Waals surface area contributed by atoms with E-state index in [-0.39, 0.29) is 11.7 Å². The van der Waals surface area contributed by atoms with E-state index in [0.29, 0.717) is 49.9 Å². The third kappa shape index (κ3) is 8.88. The van der Waals surface area contributed by atoms with Gasteiger partial charge in [0.2, 0.25) is 10.0 Å². The van der Waals surface area contributed by atoms with E-state index in [1.165, 1.54) is 49.8 Å². The Morgan fingerprint density at radius 2 is 1.78 bits per heavy atom. The molecule has 2 atom stereocenters. The van der Waals surface area contributed by atoms with Gasteiger partial charge >= 0.3 is 6.09 Å². The summed E-state index contributed by atoms with van der Waals surface area (Å²) in [4.78, 5) is 32.3. The fourth-order valence-corrected chi connectivity index (χ4v) is 8.68. The summed E-state index contributed by atoms with van der Waals surface area (Å²) >= 11 is 0. The van der Waals surface area contributed by atoms with Crippen LogP contribution in [-0.2, 0) is 26.0 Å². The van der Waals surface area contributed by atoms with E-state index in [1.54, 1.807) is 11.4 Å². The largest absolute Gasteiger partial charge is 0.443 e. The monoisotopic (exact) mass is 644 g/mol. The van der Waals surface area contributed by atoms with Crippen LogP contribution in [0.25, 0.3) is 0 Å². The summed E-state index contributed by atoms with van der Waals surface area (Å²) in [5.74, 6) is 1.80. The van der Waals surface area contributed by atoms with Crippen molar-refractivity contribution in [3.05, 3.63) is 28.8 Å². The molecule has 0 unspecified atom stereocenters. The van der Waals surface area contributed by atoms with Gasteiger partial charge in [-0.2, -0.15) is 0 Å². The second kappa shape index (κ2) is 14.5. The minimum absolute atomic E-state index is 0.00857. The highest BCUT2D eigenvalue weighted by Crippen LogP contribution is 2.38. The molecule has 2 aliphatic heterocycles. The lowest BCUT2D eigenvalue weighted by atomic mass is 9.78. The Morgan fingerprint density at radius 3 is 2.40 bits per heavy atom. The summed E-state index contributed by atoms with van der Waals surface area (Å²) in [5.41, 5.74) is 2.11. The Bertz CT molecular complexity index is 1340. The molecule has 0 bridgehead atoms. The lowest BCUT2D eigenvalue weighted by molar-refractivity contribution is -0.125. The summed E-state index contributed by atoms with van der Waals surface area (Å²) in [5, 5.41) is 3.13. The quantitative estimate of drug-likeness (QED) is 0.270. The number of hydrogen-bond donors (Lipinski definition) is 1. The minimum atomic E-state index is -3.52. The number of aliphatic imine (C=N–C) groups is 1. The van der Waals surface area contributed by atoms with Gasteiger partial charge in [-0.3, -0.25) is 14.7 Å². The number of benzene rings is 1. The molecule has 1 aromatic carbocycles. The molecule has 3 aliphatic rings. The second-order valence-corrected chi connectivity index (χ2v) is 16.7. The van der Waals surface area contributed by atoms with E-state index >= 15 is 0 Å². The number of rotatable bonds is 11. The Hall–Kier alpha value is -2.46. The SMILES string of the molecule is CCCCCC[C@@H]1CCC[C@H](C2=NC3(CCN(S(=O)(=O)CCc4c(C)cc(N(C)C(=O)OC(C)(C)C)cc4C)CC3)C(=O)N2)C1. The first-order valence-corrected chi connectivity index (χ1v) is 18.7. The van der Waals surface area contributed by atoms with Crippen molar-refractivity contribution >= 4 is 33.5 Å². The zero-order chi connectivity index (χ0) is 33.0. The third-order valence-electron chi connectivity index (χ3n) is 9.92. The van der Waals surface area contributed by atoms with Crippen LogP contribution < -0.4 is 10.2 Å². The van der Waals surface area contributed by atoms with Crippen LogP contribution in [0, 0.1) is 25.7 Å². The predicted octanol–water partition coefficient (Wildman–Crippen LogP) is 6.69. The molecule has 1 aliphatic carbocycles. The fourth-order valence-electron chi connectivity index (χ4n) is 7.22. The third-order valence-corrected chi connectivity index (χ3v) is 11.8. The van der Waals surface area contributed by atoms with Crippen LogP contribution in [0.15, 0.2) is 17.1 Å². The molecule has 4 rings (SSSR count). The fraction of sp³-hybridized carbons (Fsp3) is 0.743. The van der Waals surface area contributed by atoms with Crippen LogP contribution >= 0.6 is 0 Å². The maximum Gasteiger partial charge on any atom is 0.414 e. The van der Waals surface area contributed by atoms with Crippen molar-refractivity contribution in [3.8, 4) is 0 Å². The van der Waals surface area contributed by atoms with Gasteiger partial charge in [0, 0.05) is 31.7 Å². The van der Waals surface area contributed by atoms with Crippen molar-refractivity contribution in [2.45, 2.75) is 130 Å². The number of nitrogens with zero attached hydrogens (tertiary/aromatic N) is 3. The van der Waals surface area contributed by atoms with Crippen LogP contribution in [0.4, 0.5) is 10.5 Å². The van der Waals surface area contributed by atoms with E-state index in [2.05, 4.69) is 12.2 Å². The van der Waals surface area contributed by atoms with Gasteiger partial charge in [-0.25, -0.2) is 17.5 Å². The molecule has 2 heterocycles. The first-order valence-electron chi connectivity index (χ1n) is 17.1. The molecule has 1 saturated heterocycles. The first kappa shape index (κ1) is 35.4. The van der Waals surface area contributed by atoms with Gasteiger partial charge < -0.3 is 10.1 Å². The first-order chi connectivity index (χ1) is 21.1. The Labute approximate surface area is 271 Å². The number of unbranched alkanes of at least 4 members (excludes halogenated alkanes) is 3. The lowest BCUT2D eigenvalue weighted by Crippen LogP contribution is -2.51. The van der Waals surface area contributed by atoms with Crippen LogP contribution in [0.5, 0.6) is 0 Å². The number of nitrogens with one attached hydrogen (secondary N) is 1. The molecule has 0 radical (unpaired) electrons. The zero-order valence-corrected chi connectivity index (χ0v) is 29.5. The van der Waals surface area contributed by atoms with Gasteiger partial charge in [0.15, 0.2) is 0 Å². The number of ether oxygens (including phenoxy) is 1. The standard InChI is InChI=1S/C35H56N4O5S/c1-8-9-10-11-13-27-14-12-15-28(24-27)31-36-32(40)35(37-31)17-19-39(20-18-35)45(42,43)21-16-30-25(2)22-29(23-26(30)3)38(7)33(41)44-34(4,5)6/h22-23,27-28H,8-21,24H2,1-7H3,(H,36,37,40)/t27-,28+/m1/s1. The van der Waals surface area contributed by atoms with Crippen molar-refractivity contribution in [1.29, 1.82) is 0 Å². The van der Waals surface area contributed by atoms with Gasteiger partial charge in [0.05, 0.1) is 5.75 Å². The number of sulfonamides is 1. The summed E-state index contributed by atoms with van der Waals surface area (Å²) in [7, 11) is -1.85. The minimum Gasteiger partial charge on any atom is -0.443 e. The summed E-state index contributed by atoms with van der Waals surface area (Å²) in [6.07, 6.45) is 11.8. The Kier molecular flexibility index (Phi) is 11.4. The smallest absolute Gasteiger partial charge is 0.414 e. The number of carbonyl (C=O) groups is 2. The maximum atomic E-state index is 13.5. The van der Waals surface area contributed by atoms with Gasteiger partial charge in [-0.15, -0.1) is 0 Å². The number of amidine groups is 1. The summed E-state index contributed by atoms with van der Waals surface area (Å²) in [6, 6.07) is 3.80. The molecule has 2 fully saturated rings. The van der Waals surface area contributed by atoms with Crippen LogP contribution in [0.3, 0.4) is 0 Å². The van der Waals surface area contributed by atoms with Crippen molar-refractivity contribution in [3.63, 3.8) is 0 Å². The molecule has 252 valence electrons. The van der Waals surface area contributed by atoms with Crippen molar-refractivity contribution < 1.29 is 22.7 Å². The van der Waals surface area contributed by atoms with Gasteiger partial charge in [0.25, 0.3) is 5.91 Å². The number of hydrogen-bond acceptors (Lipinski definition) is 6. The van der Waals surface area contributed by atoms with Crippen molar-refractivity contribution in [2.75, 3.05) is 30.8 Å². The maximum absolute atomic E-state index is 13.5. The second-order valence-electron chi connectivity index (χ2n) is 14.6. The lowest BCUT2D eigenvalue weighted by Gasteiger charge is -2.35. The number of aryl methyl sites for hydroxylation is 2. The number of amides is 2. The van der Waals surface area contributed by atoms with E-state index < -0.39 is 27.3 Å². The van der Waals surface area contributed by atoms with E-state index in [1.807, 2.05) is 46.8 Å². The topological polar surface area (TPSA) is 108 Å². The Balaban J connectivity index is 1.33. The molecule has 1 aromatic rings. The molecular weight excluding hydrogens is 588 g/mol. The van der Waals surface area contributed by atoms with Gasteiger partial charge in [0.1, 0.15) is 17.0 Å². The van der Waals surface area contributed by atoms with Crippen molar-refractivity contribution in [2.24, 2.45) is 16.8 Å². The molecular formula is C35H56N4O5S. The van der Waals surface area contributed by atoms with E-state index in [4.69, 9.17) is 9.73 Å². The van der Waals surface area contributed by atoms with Crippen LogP contribution in [0.2, 0.25) is 0 Å². The highest BCUT2D eigenvalue weighted by atomic mass is 32.2. The van der Waals surface area contributed by atoms with Crippen molar-refractivity contribution in [1.82, 2.24) is 9.62 Å². The summed E-state index contributed by atoms with van der Waals surface area (Å²) in [6.45, 7) is 12.2.